The number of amides is 2. The molecule has 0 bridgehead atoms. The van der Waals surface area contributed by atoms with Crippen molar-refractivity contribution in [2.75, 3.05) is 37.0 Å². The van der Waals surface area contributed by atoms with Gasteiger partial charge in [-0.15, -0.1) is 0 Å². The molecule has 2 aromatic carbocycles. The van der Waals surface area contributed by atoms with Gasteiger partial charge >= 0.3 is 0 Å². The average molecular weight is 425 g/mol. The molecule has 30 heavy (non-hydrogen) atoms. The van der Waals surface area contributed by atoms with Crippen molar-refractivity contribution in [1.29, 1.82) is 0 Å². The smallest absolute Gasteiger partial charge is 0.291 e. The van der Waals surface area contributed by atoms with Gasteiger partial charge in [-0.05, 0) is 36.8 Å². The van der Waals surface area contributed by atoms with Crippen LogP contribution in [0, 0.1) is 6.92 Å². The first-order valence-electron chi connectivity index (χ1n) is 9.87. The summed E-state index contributed by atoms with van der Waals surface area (Å²) in [7, 11) is 1.59. The van der Waals surface area contributed by atoms with E-state index in [1.54, 1.807) is 19.2 Å². The fraction of sp³-hybridized carbons (Fsp3) is 0.304. The van der Waals surface area contributed by atoms with Crippen molar-refractivity contribution in [3.63, 3.8) is 0 Å². The van der Waals surface area contributed by atoms with Gasteiger partial charge in [0.1, 0.15) is 5.58 Å². The minimum absolute atomic E-state index is 0.0379. The number of aryl methyl sites for hydroxylation is 1. The van der Waals surface area contributed by atoms with Crippen LogP contribution in [0.5, 0.6) is 0 Å². The monoisotopic (exact) mass is 424 g/mol. The lowest BCUT2D eigenvalue weighted by molar-refractivity contribution is 0.0772. The third-order valence-corrected chi connectivity index (χ3v) is 6.16. The largest absolute Gasteiger partial charge is 0.451 e. The number of furan rings is 1. The van der Waals surface area contributed by atoms with Crippen LogP contribution in [0.15, 0.2) is 46.9 Å². The number of nitrogens with one attached hydrogen (secondary N) is 1. The van der Waals surface area contributed by atoms with Crippen LogP contribution in [0.3, 0.4) is 0 Å². The summed E-state index contributed by atoms with van der Waals surface area (Å²) in [6, 6.07) is 12.9. The second-order valence-corrected chi connectivity index (χ2v) is 8.45. The normalized spacial score (nSPS) is 14.1. The van der Waals surface area contributed by atoms with Crippen LogP contribution < -0.4 is 5.32 Å². The standard InChI is InChI=1S/C23H24N2O4S/c1-15-13-16(23(27)25-9-11-30-12-10-25)7-8-19(15)24-22(26)21-18(14-28-2)17-5-3-4-6-20(17)29-21/h3-8,13H,9-12,14H2,1-2H3,(H,24,26). The van der Waals surface area contributed by atoms with Gasteiger partial charge in [0.2, 0.25) is 0 Å². The molecule has 0 saturated carbocycles. The van der Waals surface area contributed by atoms with Crippen molar-refractivity contribution in [2.24, 2.45) is 0 Å². The highest BCUT2D eigenvalue weighted by Gasteiger charge is 2.22. The van der Waals surface area contributed by atoms with Gasteiger partial charge in [-0.3, -0.25) is 9.59 Å². The van der Waals surface area contributed by atoms with E-state index in [0.717, 1.165) is 41.1 Å². The van der Waals surface area contributed by atoms with E-state index in [9.17, 15) is 9.59 Å². The quantitative estimate of drug-likeness (QED) is 0.660. The minimum atomic E-state index is -0.339. The maximum atomic E-state index is 13.0. The number of thioether (sulfide) groups is 1. The summed E-state index contributed by atoms with van der Waals surface area (Å²) in [6.45, 7) is 3.71. The highest BCUT2D eigenvalue weighted by atomic mass is 32.2. The summed E-state index contributed by atoms with van der Waals surface area (Å²) in [6.07, 6.45) is 0. The number of benzene rings is 2. The molecular weight excluding hydrogens is 400 g/mol. The zero-order valence-electron chi connectivity index (χ0n) is 17.1. The van der Waals surface area contributed by atoms with Crippen LogP contribution in [0.4, 0.5) is 5.69 Å². The molecule has 2 heterocycles. The number of rotatable bonds is 5. The lowest BCUT2D eigenvalue weighted by Gasteiger charge is -2.26. The van der Waals surface area contributed by atoms with Crippen LogP contribution in [-0.4, -0.2) is 48.4 Å². The summed E-state index contributed by atoms with van der Waals surface area (Å²) < 4.78 is 11.1. The summed E-state index contributed by atoms with van der Waals surface area (Å²) in [5.74, 6) is 1.88. The predicted molar refractivity (Wildman–Crippen MR) is 119 cm³/mol. The van der Waals surface area contributed by atoms with Crippen molar-refractivity contribution >= 4 is 40.2 Å². The second kappa shape index (κ2) is 8.93. The number of nitrogens with zero attached hydrogens (tertiary/aromatic N) is 1. The molecule has 6 nitrogen and oxygen atoms in total. The molecule has 0 spiro atoms. The molecule has 0 unspecified atom stereocenters. The van der Waals surface area contributed by atoms with E-state index in [0.29, 0.717) is 16.8 Å². The summed E-state index contributed by atoms with van der Waals surface area (Å²) in [4.78, 5) is 27.6. The van der Waals surface area contributed by atoms with E-state index in [2.05, 4.69) is 5.32 Å². The number of hydrogen-bond donors (Lipinski definition) is 1. The molecule has 1 aliphatic heterocycles. The SMILES string of the molecule is COCc1c(C(=O)Nc2ccc(C(=O)N3CCSCC3)cc2C)oc2ccccc12. The molecule has 1 N–H and O–H groups in total. The number of carbonyl (C=O) groups excluding carboxylic acids is 2. The van der Waals surface area contributed by atoms with Crippen molar-refractivity contribution < 1.29 is 18.7 Å². The van der Waals surface area contributed by atoms with Gasteiger partial charge in [-0.2, -0.15) is 11.8 Å². The maximum Gasteiger partial charge on any atom is 0.291 e. The molecule has 4 rings (SSSR count). The highest BCUT2D eigenvalue weighted by molar-refractivity contribution is 7.99. The molecule has 3 aromatic rings. The molecule has 7 heteroatoms. The first-order valence-corrected chi connectivity index (χ1v) is 11.0. The molecule has 0 atom stereocenters. The molecule has 0 aliphatic carbocycles. The van der Waals surface area contributed by atoms with Gasteiger partial charge in [-0.25, -0.2) is 0 Å². The lowest BCUT2D eigenvalue weighted by atomic mass is 10.1. The van der Waals surface area contributed by atoms with Gasteiger partial charge < -0.3 is 19.4 Å². The highest BCUT2D eigenvalue weighted by Crippen LogP contribution is 2.28. The average Bonchev–Trinajstić information content (AvgIpc) is 3.14. The van der Waals surface area contributed by atoms with Gasteiger partial charge in [0, 0.05) is 53.9 Å². The van der Waals surface area contributed by atoms with E-state index in [-0.39, 0.29) is 24.2 Å². The Balaban J connectivity index is 1.56. The number of carbonyl (C=O) groups is 2. The summed E-state index contributed by atoms with van der Waals surface area (Å²) >= 11 is 1.87. The molecule has 1 fully saturated rings. The number of para-hydroxylation sites is 1. The molecule has 1 aromatic heterocycles. The zero-order valence-corrected chi connectivity index (χ0v) is 17.9. The van der Waals surface area contributed by atoms with Crippen molar-refractivity contribution in [1.82, 2.24) is 4.90 Å². The predicted octanol–water partition coefficient (Wildman–Crippen LogP) is 4.33. The lowest BCUT2D eigenvalue weighted by Crippen LogP contribution is -2.37. The van der Waals surface area contributed by atoms with Gasteiger partial charge in [-0.1, -0.05) is 18.2 Å². The van der Waals surface area contributed by atoms with E-state index in [4.69, 9.17) is 9.15 Å². The Bertz CT molecular complexity index is 1090. The first-order chi connectivity index (χ1) is 14.6. The van der Waals surface area contributed by atoms with Crippen LogP contribution in [0.25, 0.3) is 11.0 Å². The van der Waals surface area contributed by atoms with Crippen LogP contribution >= 0.6 is 11.8 Å². The Morgan fingerprint density at radius 3 is 2.67 bits per heavy atom. The van der Waals surface area contributed by atoms with E-state index in [1.807, 2.05) is 53.9 Å². The molecule has 0 radical (unpaired) electrons. The summed E-state index contributed by atoms with van der Waals surface area (Å²) in [5, 5.41) is 3.78. The van der Waals surface area contributed by atoms with E-state index < -0.39 is 0 Å². The Hall–Kier alpha value is -2.77. The molecule has 1 saturated heterocycles. The number of anilines is 1. The Labute approximate surface area is 179 Å². The fourth-order valence-corrected chi connectivity index (χ4v) is 4.54. The number of fused-ring (bicyclic) bond motifs is 1. The molecule has 1 aliphatic rings. The fourth-order valence-electron chi connectivity index (χ4n) is 3.63. The summed E-state index contributed by atoms with van der Waals surface area (Å²) in [5.41, 5.74) is 3.48. The first kappa shape index (κ1) is 20.5. The van der Waals surface area contributed by atoms with Gasteiger partial charge in [0.05, 0.1) is 6.61 Å². The Kier molecular flexibility index (Phi) is 6.11. The maximum absolute atomic E-state index is 13.0. The van der Waals surface area contributed by atoms with Crippen LogP contribution in [-0.2, 0) is 11.3 Å². The van der Waals surface area contributed by atoms with Gasteiger partial charge in [0.15, 0.2) is 5.76 Å². The van der Waals surface area contributed by atoms with E-state index in [1.165, 1.54) is 0 Å². The minimum Gasteiger partial charge on any atom is -0.451 e. The molecule has 156 valence electrons. The zero-order chi connectivity index (χ0) is 21.1. The molecular formula is C23H24N2O4S. The second-order valence-electron chi connectivity index (χ2n) is 7.23. The van der Waals surface area contributed by atoms with Crippen LogP contribution in [0.1, 0.15) is 32.0 Å². The Morgan fingerprint density at radius 2 is 1.93 bits per heavy atom. The number of ether oxygens (including phenoxy) is 1. The van der Waals surface area contributed by atoms with Crippen LogP contribution in [0.2, 0.25) is 0 Å². The van der Waals surface area contributed by atoms with Crippen molar-refractivity contribution in [3.05, 3.63) is 64.9 Å². The molecule has 2 amide bonds. The van der Waals surface area contributed by atoms with Crippen molar-refractivity contribution in [3.8, 4) is 0 Å². The third-order valence-electron chi connectivity index (χ3n) is 5.21. The topological polar surface area (TPSA) is 71.8 Å². The Morgan fingerprint density at radius 1 is 1.17 bits per heavy atom. The van der Waals surface area contributed by atoms with Gasteiger partial charge in [0.25, 0.3) is 11.8 Å². The van der Waals surface area contributed by atoms with Crippen molar-refractivity contribution in [2.45, 2.75) is 13.5 Å². The van der Waals surface area contributed by atoms with E-state index >= 15 is 0 Å². The third kappa shape index (κ3) is 4.08. The number of hydrogen-bond acceptors (Lipinski definition) is 5. The number of methoxy groups -OCH3 is 1.